The summed E-state index contributed by atoms with van der Waals surface area (Å²) >= 11 is 0. The van der Waals surface area contributed by atoms with Crippen molar-refractivity contribution in [2.75, 3.05) is 6.54 Å². The Morgan fingerprint density at radius 1 is 1.17 bits per heavy atom. The third kappa shape index (κ3) is 3.39. The molecule has 3 rings (SSSR count). The molecule has 1 N–H and O–H groups in total. The summed E-state index contributed by atoms with van der Waals surface area (Å²) in [5.41, 5.74) is 2.56. The molecule has 0 saturated carbocycles. The van der Waals surface area contributed by atoms with E-state index in [1.807, 2.05) is 31.3 Å². The van der Waals surface area contributed by atoms with Gasteiger partial charge < -0.3 is 9.88 Å². The molecule has 0 saturated heterocycles. The van der Waals surface area contributed by atoms with E-state index in [4.69, 9.17) is 0 Å². The van der Waals surface area contributed by atoms with Gasteiger partial charge in [0.15, 0.2) is 0 Å². The van der Waals surface area contributed by atoms with E-state index >= 15 is 0 Å². The Morgan fingerprint density at radius 3 is 2.65 bits per heavy atom. The predicted octanol–water partition coefficient (Wildman–Crippen LogP) is 3.08. The van der Waals surface area contributed by atoms with E-state index in [0.717, 1.165) is 29.7 Å². The average molecular weight is 311 g/mol. The maximum absolute atomic E-state index is 12.8. The highest BCUT2D eigenvalue weighted by atomic mass is 19.1. The summed E-state index contributed by atoms with van der Waals surface area (Å²) in [5.74, 6) is 0.473. The Bertz CT molecular complexity index is 824. The number of amides is 1. The van der Waals surface area contributed by atoms with Gasteiger partial charge in [0.05, 0.1) is 11.0 Å². The number of benzene rings is 2. The normalized spacial score (nSPS) is 10.9. The lowest BCUT2D eigenvalue weighted by atomic mass is 10.2. The van der Waals surface area contributed by atoms with E-state index in [9.17, 15) is 9.18 Å². The quantitative estimate of drug-likeness (QED) is 0.736. The van der Waals surface area contributed by atoms with Crippen molar-refractivity contribution in [2.24, 2.45) is 7.05 Å². The Labute approximate surface area is 134 Å². The number of aryl methyl sites for hydroxylation is 2. The first-order valence-electron chi connectivity index (χ1n) is 7.59. The first-order chi connectivity index (χ1) is 11.1. The molecule has 0 spiro atoms. The number of hydrogen-bond acceptors (Lipinski definition) is 2. The molecule has 0 radical (unpaired) electrons. The van der Waals surface area contributed by atoms with Crippen LogP contribution in [0.15, 0.2) is 48.5 Å². The van der Waals surface area contributed by atoms with Crippen molar-refractivity contribution >= 4 is 16.9 Å². The fourth-order valence-electron chi connectivity index (χ4n) is 2.57. The number of halogens is 1. The Morgan fingerprint density at radius 2 is 1.91 bits per heavy atom. The van der Waals surface area contributed by atoms with Crippen LogP contribution in [0.4, 0.5) is 4.39 Å². The van der Waals surface area contributed by atoms with Crippen LogP contribution in [-0.4, -0.2) is 22.0 Å². The first kappa shape index (κ1) is 15.2. The molecule has 2 aromatic carbocycles. The summed E-state index contributed by atoms with van der Waals surface area (Å²) in [6.07, 6.45) is 1.58. The summed E-state index contributed by atoms with van der Waals surface area (Å²) in [4.78, 5) is 16.5. The predicted molar refractivity (Wildman–Crippen MR) is 87.8 cm³/mol. The van der Waals surface area contributed by atoms with Gasteiger partial charge in [0.1, 0.15) is 11.6 Å². The summed E-state index contributed by atoms with van der Waals surface area (Å²) in [5, 5.41) is 2.84. The highest BCUT2D eigenvalue weighted by Gasteiger charge is 2.08. The lowest BCUT2D eigenvalue weighted by Crippen LogP contribution is -2.24. The molecule has 3 aromatic rings. The van der Waals surface area contributed by atoms with Crippen molar-refractivity contribution < 1.29 is 9.18 Å². The SMILES string of the molecule is Cn1c(CCCNC(=O)c2ccc(F)cc2)nc2ccccc21. The van der Waals surface area contributed by atoms with Crippen LogP contribution < -0.4 is 5.32 Å². The van der Waals surface area contributed by atoms with Gasteiger partial charge in [-0.05, 0) is 42.8 Å². The first-order valence-corrected chi connectivity index (χ1v) is 7.59. The van der Waals surface area contributed by atoms with Crippen LogP contribution in [0.25, 0.3) is 11.0 Å². The average Bonchev–Trinajstić information content (AvgIpc) is 2.89. The zero-order valence-corrected chi connectivity index (χ0v) is 12.9. The molecule has 1 amide bonds. The van der Waals surface area contributed by atoms with Crippen molar-refractivity contribution in [3.63, 3.8) is 0 Å². The van der Waals surface area contributed by atoms with Gasteiger partial charge in [-0.1, -0.05) is 12.1 Å². The van der Waals surface area contributed by atoms with Crippen molar-refractivity contribution in [1.29, 1.82) is 0 Å². The van der Waals surface area contributed by atoms with Crippen LogP contribution >= 0.6 is 0 Å². The fourth-order valence-corrected chi connectivity index (χ4v) is 2.57. The molecular weight excluding hydrogens is 293 g/mol. The van der Waals surface area contributed by atoms with Crippen LogP contribution in [0.1, 0.15) is 22.6 Å². The number of para-hydroxylation sites is 2. The number of nitrogens with one attached hydrogen (secondary N) is 1. The van der Waals surface area contributed by atoms with Crippen molar-refractivity contribution in [3.05, 3.63) is 65.7 Å². The maximum Gasteiger partial charge on any atom is 0.251 e. The minimum absolute atomic E-state index is 0.185. The van der Waals surface area contributed by atoms with E-state index in [1.54, 1.807) is 0 Å². The lowest BCUT2D eigenvalue weighted by Gasteiger charge is -2.05. The molecule has 23 heavy (non-hydrogen) atoms. The van der Waals surface area contributed by atoms with E-state index in [2.05, 4.69) is 14.9 Å². The minimum Gasteiger partial charge on any atom is -0.352 e. The van der Waals surface area contributed by atoms with Gasteiger partial charge in [0.2, 0.25) is 0 Å². The standard InChI is InChI=1S/C18H18FN3O/c1-22-16-6-3-2-5-15(16)21-17(22)7-4-12-20-18(23)13-8-10-14(19)11-9-13/h2-3,5-6,8-11H,4,7,12H2,1H3,(H,20,23). The molecule has 0 aliphatic rings. The van der Waals surface area contributed by atoms with Gasteiger partial charge >= 0.3 is 0 Å². The molecule has 0 fully saturated rings. The Hall–Kier alpha value is -2.69. The second kappa shape index (κ2) is 6.60. The molecule has 0 aliphatic carbocycles. The van der Waals surface area contributed by atoms with Gasteiger partial charge in [-0.15, -0.1) is 0 Å². The summed E-state index contributed by atoms with van der Waals surface area (Å²) in [6, 6.07) is 13.5. The highest BCUT2D eigenvalue weighted by Crippen LogP contribution is 2.15. The molecule has 0 atom stereocenters. The van der Waals surface area contributed by atoms with E-state index in [0.29, 0.717) is 12.1 Å². The van der Waals surface area contributed by atoms with Crippen LogP contribution in [0, 0.1) is 5.82 Å². The summed E-state index contributed by atoms with van der Waals surface area (Å²) < 4.78 is 14.9. The van der Waals surface area contributed by atoms with Crippen LogP contribution in [0.5, 0.6) is 0 Å². The number of carbonyl (C=O) groups excluding carboxylic acids is 1. The number of hydrogen-bond donors (Lipinski definition) is 1. The van der Waals surface area contributed by atoms with Gasteiger partial charge in [0.25, 0.3) is 5.91 Å². The molecule has 0 aliphatic heterocycles. The lowest BCUT2D eigenvalue weighted by molar-refractivity contribution is 0.0953. The van der Waals surface area contributed by atoms with Crippen LogP contribution in [0.3, 0.4) is 0 Å². The van der Waals surface area contributed by atoms with E-state index < -0.39 is 0 Å². The number of aromatic nitrogens is 2. The molecule has 1 aromatic heterocycles. The molecule has 0 unspecified atom stereocenters. The van der Waals surface area contributed by atoms with Crippen molar-refractivity contribution in [1.82, 2.24) is 14.9 Å². The Kier molecular flexibility index (Phi) is 4.37. The minimum atomic E-state index is -0.344. The topological polar surface area (TPSA) is 46.9 Å². The largest absolute Gasteiger partial charge is 0.352 e. The van der Waals surface area contributed by atoms with Crippen LogP contribution in [0.2, 0.25) is 0 Å². The van der Waals surface area contributed by atoms with Gasteiger partial charge in [-0.25, -0.2) is 9.37 Å². The molecule has 118 valence electrons. The zero-order chi connectivity index (χ0) is 16.2. The van der Waals surface area contributed by atoms with Crippen molar-refractivity contribution in [2.45, 2.75) is 12.8 Å². The second-order valence-electron chi connectivity index (χ2n) is 5.44. The number of fused-ring (bicyclic) bond motifs is 1. The molecular formula is C18H18FN3O. The highest BCUT2D eigenvalue weighted by molar-refractivity contribution is 5.94. The molecule has 5 heteroatoms. The molecule has 1 heterocycles. The maximum atomic E-state index is 12.8. The Balaban J connectivity index is 1.54. The monoisotopic (exact) mass is 311 g/mol. The third-order valence-corrected chi connectivity index (χ3v) is 3.85. The third-order valence-electron chi connectivity index (χ3n) is 3.85. The smallest absolute Gasteiger partial charge is 0.251 e. The van der Waals surface area contributed by atoms with Gasteiger partial charge in [-0.3, -0.25) is 4.79 Å². The molecule has 4 nitrogen and oxygen atoms in total. The number of rotatable bonds is 5. The van der Waals surface area contributed by atoms with E-state index in [-0.39, 0.29) is 11.7 Å². The number of carbonyl (C=O) groups is 1. The second-order valence-corrected chi connectivity index (χ2v) is 5.44. The number of nitrogens with zero attached hydrogens (tertiary/aromatic N) is 2. The fraction of sp³-hybridized carbons (Fsp3) is 0.222. The van der Waals surface area contributed by atoms with Gasteiger partial charge in [0, 0.05) is 25.6 Å². The van der Waals surface area contributed by atoms with Gasteiger partial charge in [-0.2, -0.15) is 0 Å². The summed E-state index contributed by atoms with van der Waals surface area (Å²) in [6.45, 7) is 0.555. The van der Waals surface area contributed by atoms with Crippen LogP contribution in [-0.2, 0) is 13.5 Å². The molecule has 0 bridgehead atoms. The van der Waals surface area contributed by atoms with E-state index in [1.165, 1.54) is 24.3 Å². The van der Waals surface area contributed by atoms with Crippen molar-refractivity contribution in [3.8, 4) is 0 Å². The summed E-state index contributed by atoms with van der Waals surface area (Å²) in [7, 11) is 2.00. The number of imidazole rings is 1. The zero-order valence-electron chi connectivity index (χ0n) is 12.9.